The van der Waals surface area contributed by atoms with Crippen LogP contribution in [0, 0.1) is 10.1 Å². The highest BCUT2D eigenvalue weighted by Gasteiger charge is 2.19. The summed E-state index contributed by atoms with van der Waals surface area (Å²) >= 11 is 5.72. The van der Waals surface area contributed by atoms with E-state index in [4.69, 9.17) is 16.3 Å². The van der Waals surface area contributed by atoms with Crippen LogP contribution in [0.25, 0.3) is 0 Å². The van der Waals surface area contributed by atoms with Crippen molar-refractivity contribution in [1.82, 2.24) is 5.32 Å². The molecule has 2 rings (SSSR count). The standard InChI is InChI=1S/C11H13ClN2O3/c12-8-3-4-11(10(6-8)14(15)16)17-7-9-2-1-5-13-9/h3-4,6,9,13H,1-2,5,7H2/t9-/m1/s1. The van der Waals surface area contributed by atoms with E-state index >= 15 is 0 Å². The smallest absolute Gasteiger partial charge is 0.312 e. The van der Waals surface area contributed by atoms with Gasteiger partial charge in [-0.05, 0) is 31.5 Å². The average Bonchev–Trinajstić information content (AvgIpc) is 2.80. The largest absolute Gasteiger partial charge is 0.485 e. The van der Waals surface area contributed by atoms with Crippen molar-refractivity contribution in [3.05, 3.63) is 33.3 Å². The number of hydrogen-bond donors (Lipinski definition) is 1. The molecule has 1 fully saturated rings. The Balaban J connectivity index is 2.06. The number of ether oxygens (including phenoxy) is 1. The molecular formula is C11H13ClN2O3. The first-order valence-electron chi connectivity index (χ1n) is 5.47. The quantitative estimate of drug-likeness (QED) is 0.664. The summed E-state index contributed by atoms with van der Waals surface area (Å²) in [6.07, 6.45) is 2.16. The van der Waals surface area contributed by atoms with Gasteiger partial charge >= 0.3 is 5.69 Å². The number of nitrogens with one attached hydrogen (secondary N) is 1. The van der Waals surface area contributed by atoms with Crippen molar-refractivity contribution in [3.63, 3.8) is 0 Å². The summed E-state index contributed by atoms with van der Waals surface area (Å²) in [5, 5.41) is 14.4. The molecule has 1 N–H and O–H groups in total. The number of nitro benzene ring substituents is 1. The fraction of sp³-hybridized carbons (Fsp3) is 0.455. The fourth-order valence-electron chi connectivity index (χ4n) is 1.84. The number of benzene rings is 1. The van der Waals surface area contributed by atoms with Gasteiger partial charge in [-0.2, -0.15) is 0 Å². The molecule has 0 amide bonds. The van der Waals surface area contributed by atoms with Crippen molar-refractivity contribution in [2.75, 3.05) is 13.2 Å². The number of nitrogens with zero attached hydrogens (tertiary/aromatic N) is 1. The molecule has 17 heavy (non-hydrogen) atoms. The predicted molar refractivity (Wildman–Crippen MR) is 64.6 cm³/mol. The summed E-state index contributed by atoms with van der Waals surface area (Å²) in [5.41, 5.74) is -0.0875. The van der Waals surface area contributed by atoms with Crippen LogP contribution in [-0.4, -0.2) is 24.1 Å². The third kappa shape index (κ3) is 3.08. The number of nitro groups is 1. The summed E-state index contributed by atoms with van der Waals surface area (Å²) in [6, 6.07) is 4.71. The molecule has 1 aromatic rings. The topological polar surface area (TPSA) is 64.4 Å². The zero-order valence-corrected chi connectivity index (χ0v) is 9.94. The maximum absolute atomic E-state index is 10.8. The Labute approximate surface area is 104 Å². The molecule has 1 aliphatic rings. The van der Waals surface area contributed by atoms with Crippen molar-refractivity contribution in [2.24, 2.45) is 0 Å². The van der Waals surface area contributed by atoms with Crippen molar-refractivity contribution in [2.45, 2.75) is 18.9 Å². The van der Waals surface area contributed by atoms with E-state index in [9.17, 15) is 10.1 Å². The summed E-state index contributed by atoms with van der Waals surface area (Å²) in [5.74, 6) is 0.271. The van der Waals surface area contributed by atoms with Gasteiger partial charge in [0, 0.05) is 17.1 Å². The molecule has 6 heteroatoms. The van der Waals surface area contributed by atoms with E-state index in [2.05, 4.69) is 5.32 Å². The van der Waals surface area contributed by atoms with E-state index in [1.54, 1.807) is 6.07 Å². The first-order valence-corrected chi connectivity index (χ1v) is 5.85. The molecule has 1 saturated heterocycles. The Bertz CT molecular complexity index is 419. The highest BCUT2D eigenvalue weighted by atomic mass is 35.5. The molecular weight excluding hydrogens is 244 g/mol. The number of halogens is 1. The van der Waals surface area contributed by atoms with Crippen LogP contribution in [0.5, 0.6) is 5.75 Å². The van der Waals surface area contributed by atoms with Crippen molar-refractivity contribution in [3.8, 4) is 5.75 Å². The summed E-state index contributed by atoms with van der Waals surface area (Å²) in [7, 11) is 0. The molecule has 1 atom stereocenters. The maximum atomic E-state index is 10.8. The van der Waals surface area contributed by atoms with Gasteiger partial charge in [-0.3, -0.25) is 10.1 Å². The van der Waals surface area contributed by atoms with Crippen LogP contribution in [-0.2, 0) is 0 Å². The first-order chi connectivity index (χ1) is 8.16. The van der Waals surface area contributed by atoms with Gasteiger partial charge in [-0.1, -0.05) is 11.6 Å². The van der Waals surface area contributed by atoms with Crippen LogP contribution in [0.1, 0.15) is 12.8 Å². The molecule has 0 spiro atoms. The lowest BCUT2D eigenvalue weighted by Gasteiger charge is -2.12. The zero-order valence-electron chi connectivity index (χ0n) is 9.19. The molecule has 0 radical (unpaired) electrons. The minimum atomic E-state index is -0.483. The molecule has 0 aliphatic carbocycles. The SMILES string of the molecule is O=[N+]([O-])c1cc(Cl)ccc1OC[C@H]1CCCN1. The maximum Gasteiger partial charge on any atom is 0.312 e. The van der Waals surface area contributed by atoms with E-state index in [0.717, 1.165) is 19.4 Å². The van der Waals surface area contributed by atoms with E-state index in [1.807, 2.05) is 0 Å². The van der Waals surface area contributed by atoms with Gasteiger partial charge in [0.05, 0.1) is 4.92 Å². The second kappa shape index (κ2) is 5.33. The fourth-order valence-corrected chi connectivity index (χ4v) is 2.01. The van der Waals surface area contributed by atoms with Crippen LogP contribution >= 0.6 is 11.6 Å². The highest BCUT2D eigenvalue weighted by molar-refractivity contribution is 6.30. The average molecular weight is 257 g/mol. The summed E-state index contributed by atoms with van der Waals surface area (Å²) in [6.45, 7) is 1.43. The van der Waals surface area contributed by atoms with E-state index in [-0.39, 0.29) is 17.5 Å². The minimum Gasteiger partial charge on any atom is -0.485 e. The lowest BCUT2D eigenvalue weighted by Crippen LogP contribution is -2.28. The van der Waals surface area contributed by atoms with Crippen LogP contribution in [0.4, 0.5) is 5.69 Å². The number of hydrogen-bond acceptors (Lipinski definition) is 4. The molecule has 1 heterocycles. The van der Waals surface area contributed by atoms with Gasteiger partial charge in [0.1, 0.15) is 6.61 Å². The van der Waals surface area contributed by atoms with Crippen LogP contribution in [0.3, 0.4) is 0 Å². The Morgan fingerprint density at radius 3 is 3.06 bits per heavy atom. The number of rotatable bonds is 4. The van der Waals surface area contributed by atoms with Gasteiger partial charge < -0.3 is 10.1 Å². The van der Waals surface area contributed by atoms with E-state index in [1.165, 1.54) is 12.1 Å². The molecule has 92 valence electrons. The van der Waals surface area contributed by atoms with E-state index < -0.39 is 4.92 Å². The normalized spacial score (nSPS) is 19.2. The second-order valence-electron chi connectivity index (χ2n) is 3.97. The van der Waals surface area contributed by atoms with Crippen LogP contribution in [0.2, 0.25) is 5.02 Å². The van der Waals surface area contributed by atoms with Crippen molar-refractivity contribution < 1.29 is 9.66 Å². The van der Waals surface area contributed by atoms with Crippen LogP contribution in [0.15, 0.2) is 18.2 Å². The zero-order chi connectivity index (χ0) is 12.3. The molecule has 1 aromatic carbocycles. The lowest BCUT2D eigenvalue weighted by atomic mass is 10.2. The van der Waals surface area contributed by atoms with Crippen molar-refractivity contribution in [1.29, 1.82) is 0 Å². The van der Waals surface area contributed by atoms with Crippen molar-refractivity contribution >= 4 is 17.3 Å². The molecule has 5 nitrogen and oxygen atoms in total. The Morgan fingerprint density at radius 2 is 2.41 bits per heavy atom. The van der Waals surface area contributed by atoms with Gasteiger partial charge in [0.25, 0.3) is 0 Å². The molecule has 0 unspecified atom stereocenters. The monoisotopic (exact) mass is 256 g/mol. The van der Waals surface area contributed by atoms with Crippen LogP contribution < -0.4 is 10.1 Å². The summed E-state index contributed by atoms with van der Waals surface area (Å²) < 4.78 is 5.47. The van der Waals surface area contributed by atoms with Gasteiger partial charge in [-0.15, -0.1) is 0 Å². The van der Waals surface area contributed by atoms with Gasteiger partial charge in [0.15, 0.2) is 5.75 Å². The third-order valence-corrected chi connectivity index (χ3v) is 2.96. The lowest BCUT2D eigenvalue weighted by molar-refractivity contribution is -0.385. The highest BCUT2D eigenvalue weighted by Crippen LogP contribution is 2.30. The predicted octanol–water partition coefficient (Wildman–Crippen LogP) is 2.38. The van der Waals surface area contributed by atoms with E-state index in [0.29, 0.717) is 11.6 Å². The second-order valence-corrected chi connectivity index (χ2v) is 4.41. The molecule has 0 aromatic heterocycles. The first kappa shape index (κ1) is 12.1. The molecule has 0 bridgehead atoms. The molecule has 1 aliphatic heterocycles. The Hall–Kier alpha value is -1.33. The summed E-state index contributed by atoms with van der Waals surface area (Å²) in [4.78, 5) is 10.3. The Morgan fingerprint density at radius 1 is 1.59 bits per heavy atom. The minimum absolute atomic E-state index is 0.0875. The molecule has 0 saturated carbocycles. The van der Waals surface area contributed by atoms with Gasteiger partial charge in [-0.25, -0.2) is 0 Å². The third-order valence-electron chi connectivity index (χ3n) is 2.72. The van der Waals surface area contributed by atoms with Gasteiger partial charge in [0.2, 0.25) is 0 Å². The Kier molecular flexibility index (Phi) is 3.81.